The number of rotatable bonds is 2. The van der Waals surface area contributed by atoms with Crippen LogP contribution in [0.5, 0.6) is 0 Å². The molecule has 0 unspecified atom stereocenters. The van der Waals surface area contributed by atoms with Gasteiger partial charge in [0.25, 0.3) is 0 Å². The Bertz CT molecular complexity index is 940. The molecule has 4 nitrogen and oxygen atoms in total. The fourth-order valence-corrected chi connectivity index (χ4v) is 2.70. The lowest BCUT2D eigenvalue weighted by molar-refractivity contribution is 0.923. The van der Waals surface area contributed by atoms with Gasteiger partial charge in [0, 0.05) is 12.5 Å². The van der Waals surface area contributed by atoms with Gasteiger partial charge in [0.1, 0.15) is 17.3 Å². The fraction of sp³-hybridized carbons (Fsp3) is 0.0625. The number of benzene rings is 2. The zero-order chi connectivity index (χ0) is 14.2. The highest BCUT2D eigenvalue weighted by molar-refractivity contribution is 6.29. The van der Waals surface area contributed by atoms with Crippen LogP contribution in [0.4, 0.5) is 0 Å². The average Bonchev–Trinajstić information content (AvgIpc) is 2.90. The van der Waals surface area contributed by atoms with Crippen LogP contribution < -0.4 is 0 Å². The van der Waals surface area contributed by atoms with Crippen LogP contribution in [0.15, 0.2) is 54.9 Å². The standard InChI is InChI=1S/C16H11ClN4/c17-14-9-16-20-19-15(21(16)10-18-14)8-12-6-3-5-11-4-1-2-7-13(11)12/h1-7,9-10H,8H2. The summed E-state index contributed by atoms with van der Waals surface area (Å²) < 4.78 is 1.87. The average molecular weight is 295 g/mol. The van der Waals surface area contributed by atoms with Crippen molar-refractivity contribution in [3.63, 3.8) is 0 Å². The van der Waals surface area contributed by atoms with Gasteiger partial charge in [-0.1, -0.05) is 54.1 Å². The summed E-state index contributed by atoms with van der Waals surface area (Å²) >= 11 is 5.87. The molecule has 4 aromatic rings. The first-order chi connectivity index (χ1) is 10.3. The molecule has 0 saturated carbocycles. The van der Waals surface area contributed by atoms with E-state index in [9.17, 15) is 0 Å². The third-order valence-corrected chi connectivity index (χ3v) is 3.77. The monoisotopic (exact) mass is 294 g/mol. The van der Waals surface area contributed by atoms with Crippen LogP contribution in [0.25, 0.3) is 16.4 Å². The van der Waals surface area contributed by atoms with E-state index < -0.39 is 0 Å². The van der Waals surface area contributed by atoms with E-state index in [1.807, 2.05) is 10.5 Å². The van der Waals surface area contributed by atoms with Crippen molar-refractivity contribution >= 4 is 28.0 Å². The molecule has 21 heavy (non-hydrogen) atoms. The van der Waals surface area contributed by atoms with E-state index in [2.05, 4.69) is 51.6 Å². The Morgan fingerprint density at radius 1 is 1.00 bits per heavy atom. The van der Waals surface area contributed by atoms with Gasteiger partial charge in [0.2, 0.25) is 0 Å². The Labute approximate surface area is 126 Å². The van der Waals surface area contributed by atoms with E-state index in [1.165, 1.54) is 16.3 Å². The number of fused-ring (bicyclic) bond motifs is 2. The van der Waals surface area contributed by atoms with Crippen molar-refractivity contribution in [1.82, 2.24) is 19.6 Å². The highest BCUT2D eigenvalue weighted by atomic mass is 35.5. The second kappa shape index (κ2) is 4.82. The lowest BCUT2D eigenvalue weighted by Crippen LogP contribution is -1.98. The maximum absolute atomic E-state index is 5.87. The van der Waals surface area contributed by atoms with Gasteiger partial charge >= 0.3 is 0 Å². The molecule has 0 fully saturated rings. The number of hydrogen-bond acceptors (Lipinski definition) is 3. The highest BCUT2D eigenvalue weighted by Crippen LogP contribution is 2.21. The van der Waals surface area contributed by atoms with Gasteiger partial charge in [-0.2, -0.15) is 0 Å². The van der Waals surface area contributed by atoms with E-state index >= 15 is 0 Å². The number of aromatic nitrogens is 4. The minimum atomic E-state index is 0.423. The SMILES string of the molecule is Clc1cc2nnc(Cc3cccc4ccccc34)n2cn1. The predicted octanol–water partition coefficient (Wildman–Crippen LogP) is 3.52. The molecule has 0 aliphatic rings. The largest absolute Gasteiger partial charge is 0.269 e. The smallest absolute Gasteiger partial charge is 0.165 e. The summed E-state index contributed by atoms with van der Waals surface area (Å²) in [6, 6.07) is 16.3. The summed E-state index contributed by atoms with van der Waals surface area (Å²) in [6.45, 7) is 0. The molecule has 0 amide bonds. The van der Waals surface area contributed by atoms with Crippen molar-refractivity contribution in [2.24, 2.45) is 0 Å². The molecule has 2 heterocycles. The summed E-state index contributed by atoms with van der Waals surface area (Å²) in [5.74, 6) is 0.852. The molecule has 0 saturated heterocycles. The summed E-state index contributed by atoms with van der Waals surface area (Å²) in [5, 5.41) is 11.3. The summed E-state index contributed by atoms with van der Waals surface area (Å²) in [4.78, 5) is 4.09. The molecule has 0 radical (unpaired) electrons. The van der Waals surface area contributed by atoms with Gasteiger partial charge < -0.3 is 0 Å². The zero-order valence-electron chi connectivity index (χ0n) is 11.1. The van der Waals surface area contributed by atoms with Gasteiger partial charge in [-0.05, 0) is 16.3 Å². The van der Waals surface area contributed by atoms with Crippen LogP contribution in [0.1, 0.15) is 11.4 Å². The van der Waals surface area contributed by atoms with Crippen molar-refractivity contribution in [2.45, 2.75) is 6.42 Å². The highest BCUT2D eigenvalue weighted by Gasteiger charge is 2.09. The molecular formula is C16H11ClN4. The van der Waals surface area contributed by atoms with Gasteiger partial charge in [0.15, 0.2) is 5.65 Å². The van der Waals surface area contributed by atoms with Crippen molar-refractivity contribution in [3.8, 4) is 0 Å². The van der Waals surface area contributed by atoms with Gasteiger partial charge in [-0.15, -0.1) is 10.2 Å². The minimum absolute atomic E-state index is 0.423. The molecule has 0 spiro atoms. The van der Waals surface area contributed by atoms with Crippen LogP contribution in [0.3, 0.4) is 0 Å². The third kappa shape index (κ3) is 2.14. The molecule has 0 N–H and O–H groups in total. The third-order valence-electron chi connectivity index (χ3n) is 3.57. The molecule has 0 atom stereocenters. The second-order valence-corrected chi connectivity index (χ2v) is 5.26. The summed E-state index contributed by atoms with van der Waals surface area (Å²) in [7, 11) is 0. The van der Waals surface area contributed by atoms with Gasteiger partial charge in [-0.3, -0.25) is 4.40 Å². The van der Waals surface area contributed by atoms with Gasteiger partial charge in [-0.25, -0.2) is 4.98 Å². The maximum Gasteiger partial charge on any atom is 0.165 e. The van der Waals surface area contributed by atoms with Crippen molar-refractivity contribution in [3.05, 3.63) is 71.4 Å². The Morgan fingerprint density at radius 2 is 1.86 bits per heavy atom. The topological polar surface area (TPSA) is 43.1 Å². The van der Waals surface area contributed by atoms with Crippen molar-refractivity contribution in [2.75, 3.05) is 0 Å². The summed E-state index contributed by atoms with van der Waals surface area (Å²) in [6.07, 6.45) is 2.37. The van der Waals surface area contributed by atoms with Crippen LogP contribution in [0, 0.1) is 0 Å². The van der Waals surface area contributed by atoms with Gasteiger partial charge in [0.05, 0.1) is 0 Å². The van der Waals surface area contributed by atoms with Crippen molar-refractivity contribution < 1.29 is 0 Å². The summed E-state index contributed by atoms with van der Waals surface area (Å²) in [5.41, 5.74) is 1.93. The van der Waals surface area contributed by atoms with Crippen LogP contribution >= 0.6 is 11.6 Å². The lowest BCUT2D eigenvalue weighted by Gasteiger charge is -2.05. The predicted molar refractivity (Wildman–Crippen MR) is 82.5 cm³/mol. The minimum Gasteiger partial charge on any atom is -0.269 e. The van der Waals surface area contributed by atoms with E-state index in [4.69, 9.17) is 11.6 Å². The van der Waals surface area contributed by atoms with Crippen LogP contribution in [0.2, 0.25) is 5.15 Å². The van der Waals surface area contributed by atoms with Crippen LogP contribution in [-0.2, 0) is 6.42 Å². The zero-order valence-corrected chi connectivity index (χ0v) is 11.8. The van der Waals surface area contributed by atoms with Crippen molar-refractivity contribution in [1.29, 1.82) is 0 Å². The van der Waals surface area contributed by atoms with E-state index in [0.717, 1.165) is 5.82 Å². The lowest BCUT2D eigenvalue weighted by atomic mass is 10.0. The van der Waals surface area contributed by atoms with E-state index in [0.29, 0.717) is 17.2 Å². The second-order valence-electron chi connectivity index (χ2n) is 4.87. The molecular weight excluding hydrogens is 284 g/mol. The fourth-order valence-electron chi connectivity index (χ4n) is 2.56. The van der Waals surface area contributed by atoms with E-state index in [-0.39, 0.29) is 0 Å². The Morgan fingerprint density at radius 3 is 2.81 bits per heavy atom. The molecule has 4 rings (SSSR count). The first-order valence-corrected chi connectivity index (χ1v) is 7.01. The molecule has 102 valence electrons. The Kier molecular flexibility index (Phi) is 2.82. The number of hydrogen-bond donors (Lipinski definition) is 0. The molecule has 2 aromatic carbocycles. The van der Waals surface area contributed by atoms with Crippen LogP contribution in [-0.4, -0.2) is 19.6 Å². The first kappa shape index (κ1) is 12.3. The number of halogens is 1. The maximum atomic E-state index is 5.87. The Balaban J connectivity index is 1.83. The normalized spacial score (nSPS) is 11.3. The first-order valence-electron chi connectivity index (χ1n) is 6.63. The molecule has 5 heteroatoms. The Hall–Kier alpha value is -2.46. The molecule has 2 aromatic heterocycles. The molecule has 0 bridgehead atoms. The quantitative estimate of drug-likeness (QED) is 0.531. The molecule has 0 aliphatic carbocycles. The van der Waals surface area contributed by atoms with E-state index in [1.54, 1.807) is 12.4 Å². The molecule has 0 aliphatic heterocycles. The number of nitrogens with zero attached hydrogens (tertiary/aromatic N) is 4.